The maximum Gasteiger partial charge on any atom is 0.407 e. The van der Waals surface area contributed by atoms with Gasteiger partial charge in [0, 0.05) is 51.0 Å². The predicted octanol–water partition coefficient (Wildman–Crippen LogP) is 3.58. The van der Waals surface area contributed by atoms with E-state index in [1.165, 1.54) is 7.05 Å². The van der Waals surface area contributed by atoms with Gasteiger partial charge in [-0.3, -0.25) is 14.5 Å². The van der Waals surface area contributed by atoms with Gasteiger partial charge in [-0.25, -0.2) is 9.18 Å². The molecule has 3 fully saturated rings. The Morgan fingerprint density at radius 1 is 1.15 bits per heavy atom. The molecule has 33 heavy (non-hydrogen) atoms. The minimum atomic E-state index is -1.30. The molecule has 2 atom stereocenters. The molecule has 1 aliphatic carbocycles. The van der Waals surface area contributed by atoms with Gasteiger partial charge < -0.3 is 15.3 Å². The molecular weight excluding hydrogens is 472 g/mol. The second-order valence-electron chi connectivity index (χ2n) is 9.35. The summed E-state index contributed by atoms with van der Waals surface area (Å²) >= 11 is 12.3. The van der Waals surface area contributed by atoms with Crippen LogP contribution in [0.3, 0.4) is 0 Å². The van der Waals surface area contributed by atoms with Crippen molar-refractivity contribution in [3.63, 3.8) is 0 Å². The number of carbonyl (C=O) groups excluding carboxylic acids is 2. The van der Waals surface area contributed by atoms with Gasteiger partial charge in [-0.2, -0.15) is 0 Å². The predicted molar refractivity (Wildman–Crippen MR) is 123 cm³/mol. The molecule has 180 valence electrons. The SMILES string of the molecule is CN(C(=O)O)[C@]1(C(=O)C2CCN(C(=O)C3CC(F)C3)CC2)CNC[C@H]1c1ccc(Cl)c(Cl)c1. The number of piperidine rings is 1. The number of rotatable bonds is 5. The van der Waals surface area contributed by atoms with E-state index in [4.69, 9.17) is 23.2 Å². The number of carboxylic acid groups (broad SMARTS) is 1. The zero-order valence-electron chi connectivity index (χ0n) is 18.4. The van der Waals surface area contributed by atoms with E-state index in [0.717, 1.165) is 10.5 Å². The normalized spacial score (nSPS) is 30.1. The first-order valence-electron chi connectivity index (χ1n) is 11.2. The van der Waals surface area contributed by atoms with Gasteiger partial charge in [0.1, 0.15) is 11.7 Å². The Hall–Kier alpha value is -1.90. The topological polar surface area (TPSA) is 90.0 Å². The second-order valence-corrected chi connectivity index (χ2v) is 10.2. The van der Waals surface area contributed by atoms with Crippen LogP contribution in [0.1, 0.15) is 37.2 Å². The van der Waals surface area contributed by atoms with Crippen molar-refractivity contribution in [1.29, 1.82) is 0 Å². The fourth-order valence-electron chi connectivity index (χ4n) is 5.49. The standard InChI is InChI=1S/C23H28Cl2FN3O4/c1-28(22(32)33)23(12-27-11-17(23)14-2-3-18(24)19(25)10-14)20(30)13-4-6-29(7-5-13)21(31)15-8-16(26)9-15/h2-3,10,13,15-17,27H,4-9,11-12H2,1H3,(H,32,33)/t15?,16?,17-,23+/m0/s1. The highest BCUT2D eigenvalue weighted by Gasteiger charge is 2.56. The Morgan fingerprint density at radius 2 is 1.82 bits per heavy atom. The number of nitrogens with zero attached hydrogens (tertiary/aromatic N) is 2. The van der Waals surface area contributed by atoms with Crippen LogP contribution in [0.4, 0.5) is 9.18 Å². The Labute approximate surface area is 202 Å². The van der Waals surface area contributed by atoms with E-state index in [1.807, 2.05) is 0 Å². The van der Waals surface area contributed by atoms with Gasteiger partial charge >= 0.3 is 6.09 Å². The third-order valence-electron chi connectivity index (χ3n) is 7.58. The molecule has 2 aliphatic heterocycles. The highest BCUT2D eigenvalue weighted by molar-refractivity contribution is 6.42. The summed E-state index contributed by atoms with van der Waals surface area (Å²) in [7, 11) is 1.43. The van der Waals surface area contributed by atoms with Crippen molar-refractivity contribution in [2.24, 2.45) is 11.8 Å². The lowest BCUT2D eigenvalue weighted by Crippen LogP contribution is -2.62. The number of ketones is 1. The number of carbonyl (C=O) groups is 3. The lowest BCUT2D eigenvalue weighted by atomic mass is 9.72. The number of likely N-dealkylation sites (tertiary alicyclic amines) is 1. The fraction of sp³-hybridized carbons (Fsp3) is 0.609. The lowest BCUT2D eigenvalue weighted by Gasteiger charge is -2.44. The van der Waals surface area contributed by atoms with E-state index in [0.29, 0.717) is 42.5 Å². The van der Waals surface area contributed by atoms with E-state index in [2.05, 4.69) is 5.32 Å². The van der Waals surface area contributed by atoms with Crippen LogP contribution in [0.2, 0.25) is 10.0 Å². The van der Waals surface area contributed by atoms with Crippen LogP contribution >= 0.6 is 23.2 Å². The molecule has 1 saturated carbocycles. The molecule has 1 aromatic rings. The van der Waals surface area contributed by atoms with Crippen molar-refractivity contribution >= 4 is 41.0 Å². The zero-order chi connectivity index (χ0) is 23.9. The lowest BCUT2D eigenvalue weighted by molar-refractivity contribution is -0.144. The summed E-state index contributed by atoms with van der Waals surface area (Å²) in [5.74, 6) is -1.25. The van der Waals surface area contributed by atoms with Crippen LogP contribution in [-0.4, -0.2) is 77.6 Å². The van der Waals surface area contributed by atoms with E-state index < -0.39 is 23.7 Å². The summed E-state index contributed by atoms with van der Waals surface area (Å²) in [6.07, 6.45) is -0.602. The summed E-state index contributed by atoms with van der Waals surface area (Å²) in [6.45, 7) is 1.45. The van der Waals surface area contributed by atoms with Gasteiger partial charge in [-0.1, -0.05) is 29.3 Å². The smallest absolute Gasteiger partial charge is 0.407 e. The quantitative estimate of drug-likeness (QED) is 0.645. The zero-order valence-corrected chi connectivity index (χ0v) is 19.9. The Morgan fingerprint density at radius 3 is 2.39 bits per heavy atom. The van der Waals surface area contributed by atoms with E-state index in [9.17, 15) is 23.9 Å². The van der Waals surface area contributed by atoms with Crippen LogP contribution < -0.4 is 5.32 Å². The number of benzene rings is 1. The summed E-state index contributed by atoms with van der Waals surface area (Å²) in [5.41, 5.74) is -0.552. The molecule has 0 bridgehead atoms. The van der Waals surface area contributed by atoms with E-state index in [-0.39, 0.29) is 42.9 Å². The van der Waals surface area contributed by atoms with Crippen LogP contribution in [0, 0.1) is 11.8 Å². The number of Topliss-reactive ketones (excluding diaryl/α,β-unsaturated/α-hetero) is 1. The minimum Gasteiger partial charge on any atom is -0.465 e. The number of hydrogen-bond acceptors (Lipinski definition) is 4. The summed E-state index contributed by atoms with van der Waals surface area (Å²) in [5, 5.41) is 13.8. The summed E-state index contributed by atoms with van der Waals surface area (Å²) < 4.78 is 13.2. The highest BCUT2D eigenvalue weighted by atomic mass is 35.5. The van der Waals surface area contributed by atoms with Gasteiger partial charge in [0.05, 0.1) is 10.0 Å². The minimum absolute atomic E-state index is 0.0385. The number of amides is 2. The molecule has 2 amide bonds. The van der Waals surface area contributed by atoms with Gasteiger partial charge in [0.2, 0.25) is 5.91 Å². The van der Waals surface area contributed by atoms with Gasteiger partial charge in [-0.05, 0) is 43.4 Å². The molecular formula is C23H28Cl2FN3O4. The van der Waals surface area contributed by atoms with Crippen molar-refractivity contribution in [2.45, 2.75) is 43.3 Å². The Bertz CT molecular complexity index is 950. The first-order valence-corrected chi connectivity index (χ1v) is 12.0. The van der Waals surface area contributed by atoms with Gasteiger partial charge in [0.15, 0.2) is 5.78 Å². The van der Waals surface area contributed by atoms with E-state index in [1.54, 1.807) is 23.1 Å². The number of halogens is 3. The molecule has 7 nitrogen and oxygen atoms in total. The van der Waals surface area contributed by atoms with Crippen LogP contribution in [-0.2, 0) is 9.59 Å². The summed E-state index contributed by atoms with van der Waals surface area (Å²) in [4.78, 5) is 41.5. The molecule has 2 N–H and O–H groups in total. The molecule has 2 heterocycles. The molecule has 0 spiro atoms. The van der Waals surface area contributed by atoms with Crippen molar-refractivity contribution in [2.75, 3.05) is 33.2 Å². The highest BCUT2D eigenvalue weighted by Crippen LogP contribution is 2.42. The van der Waals surface area contributed by atoms with Crippen molar-refractivity contribution in [1.82, 2.24) is 15.1 Å². The third kappa shape index (κ3) is 4.33. The molecule has 4 rings (SSSR count). The second kappa shape index (κ2) is 9.39. The van der Waals surface area contributed by atoms with Crippen molar-refractivity contribution < 1.29 is 23.9 Å². The Kier molecular flexibility index (Phi) is 6.90. The average molecular weight is 500 g/mol. The first kappa shape index (κ1) is 24.2. The molecule has 0 aromatic heterocycles. The van der Waals surface area contributed by atoms with Crippen molar-refractivity contribution in [3.05, 3.63) is 33.8 Å². The molecule has 1 aromatic carbocycles. The average Bonchev–Trinajstić information content (AvgIpc) is 3.23. The van der Waals surface area contributed by atoms with E-state index >= 15 is 0 Å². The largest absolute Gasteiger partial charge is 0.465 e. The van der Waals surface area contributed by atoms with Gasteiger partial charge in [-0.15, -0.1) is 0 Å². The number of nitrogens with one attached hydrogen (secondary N) is 1. The number of likely N-dealkylation sites (N-methyl/N-ethyl adjacent to an activating group) is 1. The first-order chi connectivity index (χ1) is 15.6. The van der Waals surface area contributed by atoms with Gasteiger partial charge in [0.25, 0.3) is 0 Å². The molecule has 0 unspecified atom stereocenters. The molecule has 0 radical (unpaired) electrons. The molecule has 3 aliphatic rings. The van der Waals surface area contributed by atoms with Crippen LogP contribution in [0.5, 0.6) is 0 Å². The molecule has 2 saturated heterocycles. The van der Waals surface area contributed by atoms with Crippen LogP contribution in [0.25, 0.3) is 0 Å². The number of alkyl halides is 1. The third-order valence-corrected chi connectivity index (χ3v) is 8.32. The number of hydrogen-bond donors (Lipinski definition) is 2. The maximum absolute atomic E-state index is 14.0. The maximum atomic E-state index is 14.0. The fourth-order valence-corrected chi connectivity index (χ4v) is 5.80. The summed E-state index contributed by atoms with van der Waals surface area (Å²) in [6, 6.07) is 5.12. The van der Waals surface area contributed by atoms with Crippen LogP contribution in [0.15, 0.2) is 18.2 Å². The molecule has 10 heteroatoms. The van der Waals surface area contributed by atoms with Crippen molar-refractivity contribution in [3.8, 4) is 0 Å². The monoisotopic (exact) mass is 499 g/mol. The Balaban J connectivity index is 1.56.